The van der Waals surface area contributed by atoms with Crippen LogP contribution in [0.3, 0.4) is 0 Å². The summed E-state index contributed by atoms with van der Waals surface area (Å²) in [7, 11) is 0. The number of rotatable bonds is 5. The molecule has 1 N–H and O–H groups in total. The van der Waals surface area contributed by atoms with Crippen LogP contribution in [0.25, 0.3) is 0 Å². The minimum atomic E-state index is -2.61. The Balaban J connectivity index is 2.94. The zero-order valence-corrected chi connectivity index (χ0v) is 9.77. The number of carboxylic acids is 1. The Bertz CT molecular complexity index is 449. The molecular weight excluding hydrogens is 244 g/mol. The van der Waals surface area contributed by atoms with Gasteiger partial charge in [-0.3, -0.25) is 4.79 Å². The minimum Gasteiger partial charge on any atom is -0.478 e. The molecule has 0 aliphatic rings. The first kappa shape index (κ1) is 14.1. The number of carboxylic acid groups (broad SMARTS) is 1. The maximum Gasteiger partial charge on any atom is 0.335 e. The van der Waals surface area contributed by atoms with Crippen LogP contribution in [0.1, 0.15) is 27.6 Å². The van der Waals surface area contributed by atoms with Crippen molar-refractivity contribution in [3.8, 4) is 0 Å². The lowest BCUT2D eigenvalue weighted by Gasteiger charge is -2.20. The molecular formula is C12H13F2NO3. The standard InChI is InChI=1S/C12H13F2NO3/c1-2-15(7-10(13)14)11(16)8-4-3-5-9(6-8)12(17)18/h3-6,10H,2,7H2,1H3,(H,17,18). The Morgan fingerprint density at radius 2 is 1.94 bits per heavy atom. The summed E-state index contributed by atoms with van der Waals surface area (Å²) in [6.07, 6.45) is -2.61. The number of carbonyl (C=O) groups is 2. The Morgan fingerprint density at radius 1 is 1.33 bits per heavy atom. The topological polar surface area (TPSA) is 57.6 Å². The molecule has 0 spiro atoms. The van der Waals surface area contributed by atoms with Gasteiger partial charge in [-0.15, -0.1) is 0 Å². The van der Waals surface area contributed by atoms with E-state index in [0.717, 1.165) is 4.90 Å². The number of nitrogens with zero attached hydrogens (tertiary/aromatic N) is 1. The van der Waals surface area contributed by atoms with Crippen molar-refractivity contribution < 1.29 is 23.5 Å². The Labute approximate surface area is 103 Å². The average Bonchev–Trinajstić information content (AvgIpc) is 2.35. The van der Waals surface area contributed by atoms with Crippen molar-refractivity contribution in [1.82, 2.24) is 4.90 Å². The van der Waals surface area contributed by atoms with Crippen molar-refractivity contribution in [1.29, 1.82) is 0 Å². The van der Waals surface area contributed by atoms with Crippen LogP contribution in [0.2, 0.25) is 0 Å². The monoisotopic (exact) mass is 257 g/mol. The first-order valence-electron chi connectivity index (χ1n) is 5.36. The zero-order valence-electron chi connectivity index (χ0n) is 9.77. The molecule has 1 rings (SSSR count). The highest BCUT2D eigenvalue weighted by Gasteiger charge is 2.18. The second-order valence-electron chi connectivity index (χ2n) is 3.62. The van der Waals surface area contributed by atoms with E-state index in [1.807, 2.05) is 0 Å². The molecule has 1 aromatic carbocycles. The first-order valence-corrected chi connectivity index (χ1v) is 5.36. The van der Waals surface area contributed by atoms with E-state index in [4.69, 9.17) is 5.11 Å². The molecule has 0 saturated carbocycles. The molecule has 0 aliphatic carbocycles. The van der Waals surface area contributed by atoms with E-state index in [0.29, 0.717) is 0 Å². The van der Waals surface area contributed by atoms with Crippen LogP contribution in [0.15, 0.2) is 24.3 Å². The molecule has 0 unspecified atom stereocenters. The fourth-order valence-corrected chi connectivity index (χ4v) is 1.49. The van der Waals surface area contributed by atoms with Gasteiger partial charge in [0.25, 0.3) is 12.3 Å². The van der Waals surface area contributed by atoms with Gasteiger partial charge in [-0.1, -0.05) is 6.07 Å². The van der Waals surface area contributed by atoms with E-state index in [2.05, 4.69) is 0 Å². The molecule has 18 heavy (non-hydrogen) atoms. The molecule has 0 fully saturated rings. The lowest BCUT2D eigenvalue weighted by atomic mass is 10.1. The quantitative estimate of drug-likeness (QED) is 0.878. The molecule has 0 atom stereocenters. The number of hydrogen-bond acceptors (Lipinski definition) is 2. The van der Waals surface area contributed by atoms with Gasteiger partial charge in [0, 0.05) is 12.1 Å². The third-order valence-corrected chi connectivity index (χ3v) is 2.38. The number of amides is 1. The third-order valence-electron chi connectivity index (χ3n) is 2.38. The molecule has 1 amide bonds. The summed E-state index contributed by atoms with van der Waals surface area (Å²) in [5.74, 6) is -1.76. The Morgan fingerprint density at radius 3 is 2.44 bits per heavy atom. The van der Waals surface area contributed by atoms with E-state index in [-0.39, 0.29) is 17.7 Å². The molecule has 0 heterocycles. The van der Waals surface area contributed by atoms with Gasteiger partial charge in [-0.25, -0.2) is 13.6 Å². The molecule has 4 nitrogen and oxygen atoms in total. The number of aromatic carboxylic acids is 1. The summed E-state index contributed by atoms with van der Waals surface area (Å²) in [6, 6.07) is 5.33. The lowest BCUT2D eigenvalue weighted by molar-refractivity contribution is 0.0569. The van der Waals surface area contributed by atoms with Gasteiger partial charge in [0.15, 0.2) is 0 Å². The van der Waals surface area contributed by atoms with Crippen molar-refractivity contribution in [2.75, 3.05) is 13.1 Å². The fourth-order valence-electron chi connectivity index (χ4n) is 1.49. The highest BCUT2D eigenvalue weighted by atomic mass is 19.3. The first-order chi connectivity index (χ1) is 8.45. The third kappa shape index (κ3) is 3.51. The second kappa shape index (κ2) is 6.09. The van der Waals surface area contributed by atoms with Crippen LogP contribution in [-0.2, 0) is 0 Å². The predicted octanol–water partition coefficient (Wildman–Crippen LogP) is 2.11. The van der Waals surface area contributed by atoms with E-state index >= 15 is 0 Å². The highest BCUT2D eigenvalue weighted by Crippen LogP contribution is 2.10. The van der Waals surface area contributed by atoms with Crippen LogP contribution in [-0.4, -0.2) is 41.4 Å². The van der Waals surface area contributed by atoms with Gasteiger partial charge in [0.1, 0.15) is 0 Å². The maximum absolute atomic E-state index is 12.3. The molecule has 0 radical (unpaired) electrons. The van der Waals surface area contributed by atoms with Crippen LogP contribution in [0.5, 0.6) is 0 Å². The predicted molar refractivity (Wildman–Crippen MR) is 61.0 cm³/mol. The molecule has 6 heteroatoms. The van der Waals surface area contributed by atoms with E-state index in [1.165, 1.54) is 24.3 Å². The van der Waals surface area contributed by atoms with Gasteiger partial charge in [-0.05, 0) is 25.1 Å². The number of benzene rings is 1. The van der Waals surface area contributed by atoms with Gasteiger partial charge < -0.3 is 10.0 Å². The van der Waals surface area contributed by atoms with Gasteiger partial charge in [0.2, 0.25) is 0 Å². The van der Waals surface area contributed by atoms with Crippen molar-refractivity contribution >= 4 is 11.9 Å². The van der Waals surface area contributed by atoms with Crippen molar-refractivity contribution in [3.63, 3.8) is 0 Å². The number of hydrogen-bond donors (Lipinski definition) is 1. The Kier molecular flexibility index (Phi) is 4.76. The largest absolute Gasteiger partial charge is 0.478 e. The van der Waals surface area contributed by atoms with Gasteiger partial charge in [0.05, 0.1) is 12.1 Å². The summed E-state index contributed by atoms with van der Waals surface area (Å²) in [5.41, 5.74) is 0.0475. The summed E-state index contributed by atoms with van der Waals surface area (Å²) in [4.78, 5) is 23.6. The van der Waals surface area contributed by atoms with Crippen molar-refractivity contribution in [3.05, 3.63) is 35.4 Å². The summed E-state index contributed by atoms with van der Waals surface area (Å²) in [6.45, 7) is 1.06. The van der Waals surface area contributed by atoms with E-state index in [9.17, 15) is 18.4 Å². The smallest absolute Gasteiger partial charge is 0.335 e. The lowest BCUT2D eigenvalue weighted by Crippen LogP contribution is -2.34. The summed E-state index contributed by atoms with van der Waals surface area (Å²) < 4.78 is 24.5. The van der Waals surface area contributed by atoms with E-state index in [1.54, 1.807) is 6.92 Å². The van der Waals surface area contributed by atoms with Crippen LogP contribution < -0.4 is 0 Å². The van der Waals surface area contributed by atoms with Crippen LogP contribution in [0, 0.1) is 0 Å². The van der Waals surface area contributed by atoms with Crippen LogP contribution in [0.4, 0.5) is 8.78 Å². The summed E-state index contributed by atoms with van der Waals surface area (Å²) in [5, 5.41) is 8.79. The Hall–Kier alpha value is -1.98. The van der Waals surface area contributed by atoms with Gasteiger partial charge >= 0.3 is 5.97 Å². The zero-order chi connectivity index (χ0) is 13.7. The fraction of sp³-hybridized carbons (Fsp3) is 0.333. The number of carbonyl (C=O) groups excluding carboxylic acids is 1. The molecule has 98 valence electrons. The maximum atomic E-state index is 12.3. The molecule has 0 aliphatic heterocycles. The summed E-state index contributed by atoms with van der Waals surface area (Å²) >= 11 is 0. The number of halogens is 2. The van der Waals surface area contributed by atoms with Crippen molar-refractivity contribution in [2.45, 2.75) is 13.3 Å². The van der Waals surface area contributed by atoms with Gasteiger partial charge in [-0.2, -0.15) is 0 Å². The normalized spacial score (nSPS) is 10.4. The minimum absolute atomic E-state index is 0.0473. The second-order valence-corrected chi connectivity index (χ2v) is 3.62. The van der Waals surface area contributed by atoms with E-state index < -0.39 is 24.8 Å². The highest BCUT2D eigenvalue weighted by molar-refractivity contribution is 5.97. The average molecular weight is 257 g/mol. The molecule has 0 aromatic heterocycles. The molecule has 0 saturated heterocycles. The number of alkyl halides is 2. The van der Waals surface area contributed by atoms with Crippen molar-refractivity contribution in [2.24, 2.45) is 0 Å². The molecule has 1 aromatic rings. The van der Waals surface area contributed by atoms with Crippen LogP contribution >= 0.6 is 0 Å². The SMILES string of the molecule is CCN(CC(F)F)C(=O)c1cccc(C(=O)O)c1. The molecule has 0 bridgehead atoms.